The minimum Gasteiger partial charge on any atom is -0.374 e. The fourth-order valence-corrected chi connectivity index (χ4v) is 4.01. The minimum absolute atomic E-state index is 0.0450. The Bertz CT molecular complexity index is 603. The van der Waals surface area contributed by atoms with Crippen molar-refractivity contribution in [3.63, 3.8) is 0 Å². The van der Waals surface area contributed by atoms with Crippen molar-refractivity contribution >= 4 is 11.7 Å². The summed E-state index contributed by atoms with van der Waals surface area (Å²) in [6.45, 7) is 11.4. The second-order valence-corrected chi connectivity index (χ2v) is 8.51. The molecular weight excluding hydrogens is 340 g/mol. The van der Waals surface area contributed by atoms with Crippen LogP contribution in [-0.4, -0.2) is 65.1 Å². The van der Waals surface area contributed by atoms with Crippen molar-refractivity contribution in [3.05, 3.63) is 18.0 Å². The maximum absolute atomic E-state index is 11.5. The maximum Gasteiger partial charge on any atom is 0.225 e. The molecule has 2 atom stereocenters. The van der Waals surface area contributed by atoms with Gasteiger partial charge >= 0.3 is 0 Å². The van der Waals surface area contributed by atoms with Gasteiger partial charge in [-0.25, -0.2) is 9.97 Å². The van der Waals surface area contributed by atoms with Crippen molar-refractivity contribution in [1.82, 2.24) is 14.9 Å². The van der Waals surface area contributed by atoms with Crippen molar-refractivity contribution in [3.8, 4) is 0 Å². The first-order valence-electron chi connectivity index (χ1n) is 10.4. The highest BCUT2D eigenvalue weighted by atomic mass is 16.5. The summed E-state index contributed by atoms with van der Waals surface area (Å²) >= 11 is 0. The van der Waals surface area contributed by atoms with E-state index >= 15 is 0 Å². The third-order valence-electron chi connectivity index (χ3n) is 5.81. The van der Waals surface area contributed by atoms with E-state index in [1.807, 2.05) is 26.2 Å². The van der Waals surface area contributed by atoms with E-state index in [0.717, 1.165) is 37.4 Å². The predicted octanol–water partition coefficient (Wildman–Crippen LogP) is 2.71. The van der Waals surface area contributed by atoms with E-state index in [2.05, 4.69) is 33.6 Å². The number of aromatic nitrogens is 2. The van der Waals surface area contributed by atoms with E-state index in [0.29, 0.717) is 24.7 Å². The van der Waals surface area contributed by atoms with Gasteiger partial charge in [0.25, 0.3) is 0 Å². The Labute approximate surface area is 163 Å². The number of likely N-dealkylation sites (tertiary alicyclic amines) is 1. The molecule has 2 saturated heterocycles. The second-order valence-electron chi connectivity index (χ2n) is 8.51. The monoisotopic (exact) mass is 374 g/mol. The number of ketones is 1. The summed E-state index contributed by atoms with van der Waals surface area (Å²) in [5.74, 6) is 1.09. The fourth-order valence-electron chi connectivity index (χ4n) is 4.01. The molecule has 2 aliphatic rings. The third-order valence-corrected chi connectivity index (χ3v) is 5.81. The Kier molecular flexibility index (Phi) is 6.82. The Morgan fingerprint density at radius 2 is 1.78 bits per heavy atom. The molecule has 2 unspecified atom stereocenters. The summed E-state index contributed by atoms with van der Waals surface area (Å²) < 4.78 is 5.46. The molecule has 6 heteroatoms. The van der Waals surface area contributed by atoms with E-state index in [9.17, 15) is 4.79 Å². The molecule has 1 aromatic rings. The van der Waals surface area contributed by atoms with Gasteiger partial charge in [-0.05, 0) is 45.1 Å². The van der Waals surface area contributed by atoms with Gasteiger partial charge < -0.3 is 9.64 Å². The van der Waals surface area contributed by atoms with Crippen molar-refractivity contribution in [2.45, 2.75) is 71.5 Å². The predicted molar refractivity (Wildman–Crippen MR) is 107 cm³/mol. The van der Waals surface area contributed by atoms with E-state index in [1.165, 1.54) is 12.8 Å². The van der Waals surface area contributed by atoms with Gasteiger partial charge in [0.05, 0.1) is 0 Å². The van der Waals surface area contributed by atoms with Gasteiger partial charge in [-0.15, -0.1) is 0 Å². The summed E-state index contributed by atoms with van der Waals surface area (Å²) in [5.41, 5.74) is 1.13. The molecule has 6 nitrogen and oxygen atoms in total. The molecule has 0 saturated carbocycles. The number of hydrogen-bond donors (Lipinski definition) is 0. The SMILES string of the molecule is CC(C)C(=O)COCCCc1cnc(N2C3CCC2CN(C(C)C)C3)nc1. The van der Waals surface area contributed by atoms with Crippen molar-refractivity contribution < 1.29 is 9.53 Å². The lowest BCUT2D eigenvalue weighted by atomic mass is 10.1. The first-order chi connectivity index (χ1) is 13.0. The number of anilines is 1. The van der Waals surface area contributed by atoms with Crippen molar-refractivity contribution in [1.29, 1.82) is 0 Å². The molecule has 2 bridgehead atoms. The highest BCUT2D eigenvalue weighted by Crippen LogP contribution is 2.33. The van der Waals surface area contributed by atoms with Gasteiger partial charge in [-0.1, -0.05) is 13.8 Å². The van der Waals surface area contributed by atoms with E-state index in [1.54, 1.807) is 0 Å². The molecule has 2 aliphatic heterocycles. The van der Waals surface area contributed by atoms with Crippen LogP contribution in [0.25, 0.3) is 0 Å². The van der Waals surface area contributed by atoms with Gasteiger partial charge in [0, 0.05) is 56.1 Å². The molecule has 0 spiro atoms. The van der Waals surface area contributed by atoms with Crippen LogP contribution >= 0.6 is 0 Å². The molecule has 150 valence electrons. The largest absolute Gasteiger partial charge is 0.374 e. The van der Waals surface area contributed by atoms with E-state index in [4.69, 9.17) is 4.74 Å². The maximum atomic E-state index is 11.5. The number of ether oxygens (including phenoxy) is 1. The van der Waals surface area contributed by atoms with Crippen LogP contribution in [0.3, 0.4) is 0 Å². The molecule has 3 heterocycles. The zero-order valence-electron chi connectivity index (χ0n) is 17.2. The number of Topliss-reactive ketones (excluding diaryl/α,β-unsaturated/α-hetero) is 1. The average Bonchev–Trinajstić information content (AvgIpc) is 2.90. The second kappa shape index (κ2) is 9.11. The number of carbonyl (C=O) groups excluding carboxylic acids is 1. The van der Waals surface area contributed by atoms with Crippen molar-refractivity contribution in [2.75, 3.05) is 31.2 Å². The van der Waals surface area contributed by atoms with Crippen LogP contribution in [0.1, 0.15) is 52.5 Å². The lowest BCUT2D eigenvalue weighted by Gasteiger charge is -2.42. The van der Waals surface area contributed by atoms with Gasteiger partial charge in [0.1, 0.15) is 6.61 Å². The standard InChI is InChI=1S/C21H34N4O2/c1-15(2)20(26)14-27-9-5-6-17-10-22-21(23-11-17)25-18-7-8-19(25)13-24(12-18)16(3)4/h10-11,15-16,18-19H,5-9,12-14H2,1-4H3. The first kappa shape index (κ1) is 20.2. The van der Waals surface area contributed by atoms with Crippen LogP contribution in [0.4, 0.5) is 5.95 Å². The molecule has 1 aromatic heterocycles. The van der Waals surface area contributed by atoms with Gasteiger partial charge in [-0.3, -0.25) is 9.69 Å². The quantitative estimate of drug-likeness (QED) is 0.620. The normalized spacial score (nSPS) is 22.8. The van der Waals surface area contributed by atoms with Crippen molar-refractivity contribution in [2.24, 2.45) is 5.92 Å². The number of carbonyl (C=O) groups is 1. The summed E-state index contributed by atoms with van der Waals surface area (Å²) in [6, 6.07) is 1.70. The lowest BCUT2D eigenvalue weighted by molar-refractivity contribution is -0.126. The average molecular weight is 375 g/mol. The molecule has 3 rings (SSSR count). The lowest BCUT2D eigenvalue weighted by Crippen LogP contribution is -2.56. The van der Waals surface area contributed by atoms with Crippen LogP contribution in [0.5, 0.6) is 0 Å². The van der Waals surface area contributed by atoms with Crippen LogP contribution in [-0.2, 0) is 16.0 Å². The van der Waals surface area contributed by atoms with Crippen LogP contribution in [0.15, 0.2) is 12.4 Å². The highest BCUT2D eigenvalue weighted by Gasteiger charge is 2.41. The number of rotatable bonds is 9. The number of fused-ring (bicyclic) bond motifs is 2. The molecule has 0 aromatic carbocycles. The number of hydrogen-bond acceptors (Lipinski definition) is 6. The number of nitrogens with zero attached hydrogens (tertiary/aromatic N) is 4. The van der Waals surface area contributed by atoms with E-state index in [-0.39, 0.29) is 18.3 Å². The molecular formula is C21H34N4O2. The minimum atomic E-state index is 0.0450. The molecule has 27 heavy (non-hydrogen) atoms. The Morgan fingerprint density at radius 3 is 2.33 bits per heavy atom. The van der Waals surface area contributed by atoms with Crippen LogP contribution < -0.4 is 4.90 Å². The Hall–Kier alpha value is -1.53. The van der Waals surface area contributed by atoms with Gasteiger partial charge in [-0.2, -0.15) is 0 Å². The molecule has 0 radical (unpaired) electrons. The Morgan fingerprint density at radius 1 is 1.15 bits per heavy atom. The van der Waals surface area contributed by atoms with Gasteiger partial charge in [0.15, 0.2) is 5.78 Å². The zero-order valence-corrected chi connectivity index (χ0v) is 17.2. The van der Waals surface area contributed by atoms with Crippen LogP contribution in [0.2, 0.25) is 0 Å². The molecule has 0 amide bonds. The molecule has 0 N–H and O–H groups in total. The van der Waals surface area contributed by atoms with Crippen LogP contribution in [0, 0.1) is 5.92 Å². The smallest absolute Gasteiger partial charge is 0.225 e. The molecule has 0 aliphatic carbocycles. The third kappa shape index (κ3) is 5.05. The Balaban J connectivity index is 1.46. The zero-order chi connectivity index (χ0) is 19.4. The summed E-state index contributed by atoms with van der Waals surface area (Å²) in [4.78, 5) is 25.9. The number of piperazine rings is 1. The summed E-state index contributed by atoms with van der Waals surface area (Å²) in [7, 11) is 0. The number of aryl methyl sites for hydroxylation is 1. The summed E-state index contributed by atoms with van der Waals surface area (Å²) in [6.07, 6.45) is 8.15. The van der Waals surface area contributed by atoms with Gasteiger partial charge in [0.2, 0.25) is 5.95 Å². The summed E-state index contributed by atoms with van der Waals surface area (Å²) in [5, 5.41) is 0. The molecule has 2 fully saturated rings. The topological polar surface area (TPSA) is 58.6 Å². The first-order valence-corrected chi connectivity index (χ1v) is 10.4. The van der Waals surface area contributed by atoms with E-state index < -0.39 is 0 Å². The highest BCUT2D eigenvalue weighted by molar-refractivity contribution is 5.81. The fraction of sp³-hybridized carbons (Fsp3) is 0.762.